The first kappa shape index (κ1) is 18.7. The van der Waals surface area contributed by atoms with Gasteiger partial charge in [0.05, 0.1) is 0 Å². The number of carboxylic acids is 1. The standard InChI is InChI=1S/C12H21F3N2O3/c1-7(2)4-8(6-16)5-9(18)17-11(3,10(19)20)12(13,14)15/h7-8H,4-6,16H2,1-3H3,(H,17,18)(H,19,20)/t8-,11?/m0/s1. The van der Waals surface area contributed by atoms with E-state index in [2.05, 4.69) is 0 Å². The molecule has 0 bridgehead atoms. The van der Waals surface area contributed by atoms with E-state index in [1.165, 1.54) is 0 Å². The summed E-state index contributed by atoms with van der Waals surface area (Å²) in [5.41, 5.74) is 2.17. The summed E-state index contributed by atoms with van der Waals surface area (Å²) in [6, 6.07) is 0. The van der Waals surface area contributed by atoms with Gasteiger partial charge in [0, 0.05) is 6.42 Å². The van der Waals surface area contributed by atoms with Gasteiger partial charge in [-0.2, -0.15) is 13.2 Å². The van der Waals surface area contributed by atoms with Gasteiger partial charge in [-0.1, -0.05) is 13.8 Å². The van der Waals surface area contributed by atoms with E-state index in [0.29, 0.717) is 13.3 Å². The van der Waals surface area contributed by atoms with Crippen LogP contribution in [0.4, 0.5) is 13.2 Å². The van der Waals surface area contributed by atoms with Gasteiger partial charge in [0.2, 0.25) is 11.4 Å². The molecule has 5 nitrogen and oxygen atoms in total. The number of halogens is 3. The normalized spacial score (nSPS) is 16.6. The summed E-state index contributed by atoms with van der Waals surface area (Å²) >= 11 is 0. The molecule has 2 atom stereocenters. The summed E-state index contributed by atoms with van der Waals surface area (Å²) in [4.78, 5) is 22.4. The van der Waals surface area contributed by atoms with Gasteiger partial charge in [0.1, 0.15) is 0 Å². The zero-order valence-electron chi connectivity index (χ0n) is 11.8. The van der Waals surface area contributed by atoms with Gasteiger partial charge in [0.15, 0.2) is 0 Å². The second-order valence-electron chi connectivity index (χ2n) is 5.41. The molecule has 0 spiro atoms. The van der Waals surface area contributed by atoms with E-state index in [9.17, 15) is 22.8 Å². The summed E-state index contributed by atoms with van der Waals surface area (Å²) in [6.45, 7) is 4.38. The van der Waals surface area contributed by atoms with Gasteiger partial charge in [0.25, 0.3) is 0 Å². The Morgan fingerprint density at radius 1 is 1.30 bits per heavy atom. The molecule has 118 valence electrons. The third-order valence-electron chi connectivity index (χ3n) is 3.00. The van der Waals surface area contributed by atoms with E-state index in [1.54, 1.807) is 5.32 Å². The number of amides is 1. The van der Waals surface area contributed by atoms with Crippen LogP contribution in [0, 0.1) is 11.8 Å². The number of aliphatic carboxylic acids is 1. The van der Waals surface area contributed by atoms with Gasteiger partial charge < -0.3 is 16.2 Å². The predicted octanol–water partition coefficient (Wildman–Crippen LogP) is 1.52. The Morgan fingerprint density at radius 2 is 1.80 bits per heavy atom. The van der Waals surface area contributed by atoms with E-state index in [1.807, 2.05) is 13.8 Å². The third kappa shape index (κ3) is 4.99. The molecule has 1 amide bonds. The van der Waals surface area contributed by atoms with Crippen molar-refractivity contribution in [1.82, 2.24) is 5.32 Å². The fourth-order valence-corrected chi connectivity index (χ4v) is 1.77. The topological polar surface area (TPSA) is 92.4 Å². The van der Waals surface area contributed by atoms with Crippen molar-refractivity contribution in [3.8, 4) is 0 Å². The number of carbonyl (C=O) groups excluding carboxylic acids is 1. The van der Waals surface area contributed by atoms with Crippen LogP contribution in [0.15, 0.2) is 0 Å². The molecular weight excluding hydrogens is 277 g/mol. The highest BCUT2D eigenvalue weighted by Gasteiger charge is 2.58. The van der Waals surface area contributed by atoms with Crippen molar-refractivity contribution in [2.75, 3.05) is 6.54 Å². The Morgan fingerprint density at radius 3 is 2.10 bits per heavy atom. The molecule has 0 aromatic carbocycles. The number of rotatable bonds is 7. The van der Waals surface area contributed by atoms with Crippen molar-refractivity contribution < 1.29 is 27.9 Å². The van der Waals surface area contributed by atoms with E-state index in [0.717, 1.165) is 0 Å². The Kier molecular flexibility index (Phi) is 6.46. The fraction of sp³-hybridized carbons (Fsp3) is 0.833. The largest absolute Gasteiger partial charge is 0.479 e. The molecule has 0 aliphatic carbocycles. The van der Waals surface area contributed by atoms with Crippen molar-refractivity contribution in [1.29, 1.82) is 0 Å². The van der Waals surface area contributed by atoms with E-state index >= 15 is 0 Å². The Balaban J connectivity index is 4.83. The smallest absolute Gasteiger partial charge is 0.422 e. The molecule has 0 aromatic rings. The molecule has 0 aliphatic heterocycles. The zero-order chi connectivity index (χ0) is 16.1. The molecule has 1 unspecified atom stereocenters. The van der Waals surface area contributed by atoms with E-state index in [4.69, 9.17) is 10.8 Å². The molecule has 0 rings (SSSR count). The number of carboxylic acid groups (broad SMARTS) is 1. The van der Waals surface area contributed by atoms with E-state index in [-0.39, 0.29) is 24.8 Å². The monoisotopic (exact) mass is 298 g/mol. The average Bonchev–Trinajstić information content (AvgIpc) is 2.25. The van der Waals surface area contributed by atoms with Crippen LogP contribution in [0.25, 0.3) is 0 Å². The quantitative estimate of drug-likeness (QED) is 0.664. The number of hydrogen-bond donors (Lipinski definition) is 3. The number of alkyl halides is 3. The molecule has 20 heavy (non-hydrogen) atoms. The molecule has 8 heteroatoms. The minimum Gasteiger partial charge on any atom is -0.479 e. The summed E-state index contributed by atoms with van der Waals surface area (Å²) in [6.07, 6.45) is -4.72. The second-order valence-corrected chi connectivity index (χ2v) is 5.41. The summed E-state index contributed by atoms with van der Waals surface area (Å²) in [5.74, 6) is -3.15. The maximum atomic E-state index is 12.7. The van der Waals surface area contributed by atoms with Crippen LogP contribution in [0.3, 0.4) is 0 Å². The van der Waals surface area contributed by atoms with Gasteiger partial charge >= 0.3 is 12.1 Å². The lowest BCUT2D eigenvalue weighted by Gasteiger charge is -2.29. The molecule has 4 N–H and O–H groups in total. The van der Waals surface area contributed by atoms with Gasteiger partial charge in [-0.05, 0) is 31.7 Å². The van der Waals surface area contributed by atoms with Gasteiger partial charge in [-0.3, -0.25) is 4.79 Å². The molecule has 0 aromatic heterocycles. The predicted molar refractivity (Wildman–Crippen MR) is 66.9 cm³/mol. The number of carbonyl (C=O) groups is 2. The Labute approximate surface area is 115 Å². The molecule has 0 fully saturated rings. The molecule has 0 saturated carbocycles. The van der Waals surface area contributed by atoms with Crippen LogP contribution >= 0.6 is 0 Å². The fourth-order valence-electron chi connectivity index (χ4n) is 1.77. The summed E-state index contributed by atoms with van der Waals surface area (Å²) in [7, 11) is 0. The molecule has 0 heterocycles. The van der Waals surface area contributed by atoms with Crippen molar-refractivity contribution in [2.45, 2.75) is 45.3 Å². The van der Waals surface area contributed by atoms with Gasteiger partial charge in [-0.25, -0.2) is 4.79 Å². The second kappa shape index (κ2) is 6.92. The summed E-state index contributed by atoms with van der Waals surface area (Å²) in [5, 5.41) is 10.2. The minimum atomic E-state index is -5.08. The first-order valence-corrected chi connectivity index (χ1v) is 6.25. The first-order valence-electron chi connectivity index (χ1n) is 6.25. The highest BCUT2D eigenvalue weighted by atomic mass is 19.4. The highest BCUT2D eigenvalue weighted by molar-refractivity contribution is 5.87. The van der Waals surface area contributed by atoms with Crippen LogP contribution in [0.2, 0.25) is 0 Å². The van der Waals surface area contributed by atoms with Crippen LogP contribution in [0.5, 0.6) is 0 Å². The highest BCUT2D eigenvalue weighted by Crippen LogP contribution is 2.30. The lowest BCUT2D eigenvalue weighted by Crippen LogP contribution is -2.62. The number of hydrogen-bond acceptors (Lipinski definition) is 3. The zero-order valence-corrected chi connectivity index (χ0v) is 11.8. The number of nitrogens with one attached hydrogen (secondary N) is 1. The maximum absolute atomic E-state index is 12.7. The number of nitrogens with two attached hydrogens (primary N) is 1. The Bertz CT molecular complexity index is 358. The van der Waals surface area contributed by atoms with Crippen LogP contribution < -0.4 is 11.1 Å². The van der Waals surface area contributed by atoms with Crippen LogP contribution in [-0.2, 0) is 9.59 Å². The summed E-state index contributed by atoms with van der Waals surface area (Å²) < 4.78 is 38.2. The van der Waals surface area contributed by atoms with Crippen LogP contribution in [0.1, 0.15) is 33.6 Å². The van der Waals surface area contributed by atoms with Crippen LogP contribution in [-0.4, -0.2) is 35.2 Å². The molecular formula is C12H21F3N2O3. The van der Waals surface area contributed by atoms with Crippen molar-refractivity contribution in [3.05, 3.63) is 0 Å². The SMILES string of the molecule is CC(C)C[C@H](CN)CC(=O)NC(C)(C(=O)O)C(F)(F)F. The van der Waals surface area contributed by atoms with Crippen molar-refractivity contribution in [2.24, 2.45) is 17.6 Å². The van der Waals surface area contributed by atoms with Crippen molar-refractivity contribution in [3.63, 3.8) is 0 Å². The van der Waals surface area contributed by atoms with Gasteiger partial charge in [-0.15, -0.1) is 0 Å². The average molecular weight is 298 g/mol. The molecule has 0 aliphatic rings. The molecule has 0 saturated heterocycles. The molecule has 0 radical (unpaired) electrons. The minimum absolute atomic E-state index is 0.154. The lowest BCUT2D eigenvalue weighted by atomic mass is 9.93. The third-order valence-corrected chi connectivity index (χ3v) is 3.00. The first-order chi connectivity index (χ1) is 8.94. The van der Waals surface area contributed by atoms with Crippen molar-refractivity contribution >= 4 is 11.9 Å². The Hall–Kier alpha value is -1.31. The maximum Gasteiger partial charge on any atom is 0.422 e. The van der Waals surface area contributed by atoms with E-state index < -0.39 is 23.6 Å². The lowest BCUT2D eigenvalue weighted by molar-refractivity contribution is -0.207.